The quantitative estimate of drug-likeness (QED) is 0.663. The summed E-state index contributed by atoms with van der Waals surface area (Å²) in [5, 5.41) is 3.87. The Balaban J connectivity index is 2.55. The van der Waals surface area contributed by atoms with E-state index in [2.05, 4.69) is 15.3 Å². The fourth-order valence-corrected chi connectivity index (χ4v) is 3.59. The highest BCUT2D eigenvalue weighted by molar-refractivity contribution is 7.92. The van der Waals surface area contributed by atoms with E-state index in [-0.39, 0.29) is 8.18 Å². The minimum atomic E-state index is -4.13. The fraction of sp³-hybridized carbons (Fsp3) is 0.100. The number of rotatable bonds is 4. The zero-order chi connectivity index (χ0) is 14.8. The molecule has 10 heteroatoms. The van der Waals surface area contributed by atoms with Crippen molar-refractivity contribution in [1.29, 1.82) is 0 Å². The molecule has 106 valence electrons. The molecule has 20 heavy (non-hydrogen) atoms. The maximum atomic E-state index is 13.7. The normalized spacial score (nSPS) is 11.9. The van der Waals surface area contributed by atoms with E-state index in [1.54, 1.807) is 0 Å². The number of aliphatic imine (C=N–C) groups is 1. The van der Waals surface area contributed by atoms with Gasteiger partial charge in [-0.25, -0.2) is 9.18 Å². The highest BCUT2D eigenvalue weighted by Gasteiger charge is 2.22. The van der Waals surface area contributed by atoms with Crippen LogP contribution in [0.25, 0.3) is 0 Å². The SMILES string of the molecule is CN=CNc1nc(=O)n(S(=O)(=O)c2cccs2)cc1F. The van der Waals surface area contributed by atoms with Crippen molar-refractivity contribution in [2.45, 2.75) is 4.21 Å². The Morgan fingerprint density at radius 3 is 2.90 bits per heavy atom. The molecule has 7 nitrogen and oxygen atoms in total. The minimum Gasteiger partial charge on any atom is -0.329 e. The van der Waals surface area contributed by atoms with Gasteiger partial charge < -0.3 is 5.32 Å². The van der Waals surface area contributed by atoms with Gasteiger partial charge in [0.1, 0.15) is 4.21 Å². The molecule has 0 atom stereocenters. The Bertz CT molecular complexity index is 796. The van der Waals surface area contributed by atoms with Crippen molar-refractivity contribution in [3.63, 3.8) is 0 Å². The van der Waals surface area contributed by atoms with Crippen molar-refractivity contribution < 1.29 is 12.8 Å². The second-order valence-electron chi connectivity index (χ2n) is 3.48. The first-order valence-corrected chi connectivity index (χ1v) is 7.54. The third kappa shape index (κ3) is 2.60. The highest BCUT2D eigenvalue weighted by atomic mass is 32.2. The second-order valence-corrected chi connectivity index (χ2v) is 6.47. The summed E-state index contributed by atoms with van der Waals surface area (Å²) < 4.78 is 38.1. The molecule has 2 aromatic heterocycles. The molecule has 0 saturated heterocycles. The average molecular weight is 316 g/mol. The van der Waals surface area contributed by atoms with E-state index in [0.717, 1.165) is 17.7 Å². The molecule has 0 saturated carbocycles. The van der Waals surface area contributed by atoms with Crippen LogP contribution in [0.1, 0.15) is 0 Å². The van der Waals surface area contributed by atoms with E-state index in [1.165, 1.54) is 24.6 Å². The van der Waals surface area contributed by atoms with Crippen molar-refractivity contribution in [2.75, 3.05) is 12.4 Å². The first kappa shape index (κ1) is 14.3. The molecular weight excluding hydrogens is 307 g/mol. The van der Waals surface area contributed by atoms with Crippen molar-refractivity contribution >= 4 is 33.5 Å². The summed E-state index contributed by atoms with van der Waals surface area (Å²) in [6, 6.07) is 2.83. The third-order valence-electron chi connectivity index (χ3n) is 2.19. The first-order chi connectivity index (χ1) is 9.46. The standard InChI is InChI=1S/C10H9FN4O3S2/c1-12-6-13-9-7(11)5-15(10(16)14-9)20(17,18)8-3-2-4-19-8/h2-6H,1H3,(H,12,13,14,16). The zero-order valence-corrected chi connectivity index (χ0v) is 11.8. The van der Waals surface area contributed by atoms with Gasteiger partial charge in [-0.1, -0.05) is 6.07 Å². The summed E-state index contributed by atoms with van der Waals surface area (Å²) in [5.41, 5.74) is -1.10. The number of nitrogens with zero attached hydrogens (tertiary/aromatic N) is 3. The summed E-state index contributed by atoms with van der Waals surface area (Å²) >= 11 is 0.923. The molecule has 2 heterocycles. The fourth-order valence-electron chi connectivity index (χ4n) is 1.32. The van der Waals surface area contributed by atoms with Gasteiger partial charge in [-0.3, -0.25) is 4.99 Å². The summed E-state index contributed by atoms with van der Waals surface area (Å²) in [6.07, 6.45) is 1.71. The van der Waals surface area contributed by atoms with Crippen LogP contribution in [0.4, 0.5) is 10.2 Å². The third-order valence-corrected chi connectivity index (χ3v) is 5.20. The van der Waals surface area contributed by atoms with E-state index in [1.807, 2.05) is 0 Å². The number of anilines is 1. The number of halogens is 1. The zero-order valence-electron chi connectivity index (χ0n) is 10.1. The van der Waals surface area contributed by atoms with E-state index >= 15 is 0 Å². The molecule has 0 spiro atoms. The Kier molecular flexibility index (Phi) is 3.95. The van der Waals surface area contributed by atoms with Crippen molar-refractivity contribution in [3.8, 4) is 0 Å². The molecule has 0 unspecified atom stereocenters. The second kappa shape index (κ2) is 5.51. The van der Waals surface area contributed by atoms with Gasteiger partial charge in [0, 0.05) is 7.05 Å². The first-order valence-electron chi connectivity index (χ1n) is 5.22. The Labute approximate surface area is 117 Å². The average Bonchev–Trinajstić information content (AvgIpc) is 2.93. The topological polar surface area (TPSA) is 93.4 Å². The Hall–Kier alpha value is -2.07. The van der Waals surface area contributed by atoms with Crippen LogP contribution in [0, 0.1) is 5.82 Å². The molecule has 2 aromatic rings. The summed E-state index contributed by atoms with van der Waals surface area (Å²) in [5.74, 6) is -1.37. The summed E-state index contributed by atoms with van der Waals surface area (Å²) in [7, 11) is -2.69. The maximum absolute atomic E-state index is 13.7. The number of thiophene rings is 1. The predicted octanol–water partition coefficient (Wildman–Crippen LogP) is 0.751. The van der Waals surface area contributed by atoms with Crippen molar-refractivity contribution in [2.24, 2.45) is 4.99 Å². The molecule has 0 fully saturated rings. The Morgan fingerprint density at radius 1 is 1.55 bits per heavy atom. The van der Waals surface area contributed by atoms with E-state index in [4.69, 9.17) is 0 Å². The van der Waals surface area contributed by atoms with E-state index in [0.29, 0.717) is 6.20 Å². The maximum Gasteiger partial charge on any atom is 0.363 e. The van der Waals surface area contributed by atoms with Crippen molar-refractivity contribution in [3.05, 3.63) is 40.0 Å². The van der Waals surface area contributed by atoms with Crippen LogP contribution in [0.5, 0.6) is 0 Å². The lowest BCUT2D eigenvalue weighted by Gasteiger charge is -2.07. The van der Waals surface area contributed by atoms with Crippen LogP contribution in [-0.2, 0) is 10.0 Å². The molecule has 0 radical (unpaired) electrons. The van der Waals surface area contributed by atoms with Gasteiger partial charge in [0.25, 0.3) is 10.0 Å². The monoisotopic (exact) mass is 316 g/mol. The molecule has 0 amide bonds. The van der Waals surface area contributed by atoms with Gasteiger partial charge >= 0.3 is 5.69 Å². The van der Waals surface area contributed by atoms with Gasteiger partial charge in [0.15, 0.2) is 11.6 Å². The lowest BCUT2D eigenvalue weighted by Crippen LogP contribution is -2.30. The molecule has 0 aromatic carbocycles. The van der Waals surface area contributed by atoms with Gasteiger partial charge in [-0.15, -0.1) is 11.3 Å². The number of hydrogen-bond acceptors (Lipinski definition) is 6. The molecule has 0 aliphatic rings. The van der Waals surface area contributed by atoms with Crippen LogP contribution in [0.2, 0.25) is 0 Å². The Morgan fingerprint density at radius 2 is 2.30 bits per heavy atom. The number of aromatic nitrogens is 2. The van der Waals surface area contributed by atoms with Gasteiger partial charge in [0.2, 0.25) is 0 Å². The van der Waals surface area contributed by atoms with Crippen LogP contribution < -0.4 is 11.0 Å². The van der Waals surface area contributed by atoms with E-state index in [9.17, 15) is 17.6 Å². The molecule has 0 bridgehead atoms. The van der Waals surface area contributed by atoms with Gasteiger partial charge in [-0.2, -0.15) is 17.4 Å². The smallest absolute Gasteiger partial charge is 0.329 e. The number of nitrogens with one attached hydrogen (secondary N) is 1. The molecule has 2 rings (SSSR count). The lowest BCUT2D eigenvalue weighted by molar-refractivity contribution is 0.574. The number of hydrogen-bond donors (Lipinski definition) is 1. The van der Waals surface area contributed by atoms with Gasteiger partial charge in [0.05, 0.1) is 12.5 Å². The van der Waals surface area contributed by atoms with Gasteiger partial charge in [-0.05, 0) is 11.4 Å². The molecule has 0 aliphatic heterocycles. The van der Waals surface area contributed by atoms with Crippen LogP contribution in [0.3, 0.4) is 0 Å². The minimum absolute atomic E-state index is 0.0726. The largest absolute Gasteiger partial charge is 0.363 e. The summed E-state index contributed by atoms with van der Waals surface area (Å²) in [6.45, 7) is 0. The van der Waals surface area contributed by atoms with Crippen molar-refractivity contribution in [1.82, 2.24) is 8.96 Å². The van der Waals surface area contributed by atoms with E-state index < -0.39 is 27.3 Å². The molecule has 0 aliphatic carbocycles. The van der Waals surface area contributed by atoms with Crippen LogP contribution in [-0.4, -0.2) is 30.8 Å². The van der Waals surface area contributed by atoms with Crippen LogP contribution in [0.15, 0.2) is 37.7 Å². The lowest BCUT2D eigenvalue weighted by atomic mass is 10.5. The van der Waals surface area contributed by atoms with Crippen LogP contribution >= 0.6 is 11.3 Å². The summed E-state index contributed by atoms with van der Waals surface area (Å²) in [4.78, 5) is 18.6. The molecule has 1 N–H and O–H groups in total. The highest BCUT2D eigenvalue weighted by Crippen LogP contribution is 2.18. The molecular formula is C10H9FN4O3S2. The predicted molar refractivity (Wildman–Crippen MR) is 73.4 cm³/mol.